The van der Waals surface area contributed by atoms with E-state index in [1.54, 1.807) is 0 Å². The fourth-order valence-corrected chi connectivity index (χ4v) is 3.48. The van der Waals surface area contributed by atoms with Gasteiger partial charge in [0.2, 0.25) is 11.8 Å². The summed E-state index contributed by atoms with van der Waals surface area (Å²) in [6.45, 7) is 7.43. The van der Waals surface area contributed by atoms with Gasteiger partial charge in [0, 0.05) is 24.5 Å². The molecular formula is C20H29ClN2O2. The molecule has 1 N–H and O–H groups in total. The fraction of sp³-hybridized carbons (Fsp3) is 0.600. The van der Waals surface area contributed by atoms with Crippen molar-refractivity contribution in [3.05, 3.63) is 34.9 Å². The SMILES string of the molecule is CCC(NC(=O)CC(C)C)C(=O)N1CCC(c2ccc(Cl)cc2)CC1. The Kier molecular flexibility index (Phi) is 7.30. The number of hydrogen-bond acceptors (Lipinski definition) is 2. The summed E-state index contributed by atoms with van der Waals surface area (Å²) < 4.78 is 0. The quantitative estimate of drug-likeness (QED) is 0.829. The lowest BCUT2D eigenvalue weighted by Gasteiger charge is -2.34. The van der Waals surface area contributed by atoms with Gasteiger partial charge >= 0.3 is 0 Å². The first-order valence-electron chi connectivity index (χ1n) is 9.24. The van der Waals surface area contributed by atoms with Gasteiger partial charge in [-0.3, -0.25) is 9.59 Å². The first kappa shape index (κ1) is 19.8. The van der Waals surface area contributed by atoms with E-state index in [0.717, 1.165) is 31.0 Å². The van der Waals surface area contributed by atoms with Crippen molar-refractivity contribution < 1.29 is 9.59 Å². The zero-order chi connectivity index (χ0) is 18.4. The molecule has 0 aliphatic carbocycles. The largest absolute Gasteiger partial charge is 0.344 e. The zero-order valence-electron chi connectivity index (χ0n) is 15.4. The maximum atomic E-state index is 12.7. The number of benzene rings is 1. The molecule has 2 rings (SSSR count). The molecule has 1 unspecified atom stereocenters. The maximum Gasteiger partial charge on any atom is 0.245 e. The molecule has 0 spiro atoms. The Morgan fingerprint density at radius 3 is 2.32 bits per heavy atom. The van der Waals surface area contributed by atoms with Crippen molar-refractivity contribution in [3.63, 3.8) is 0 Å². The number of rotatable bonds is 6. The minimum atomic E-state index is -0.404. The van der Waals surface area contributed by atoms with Crippen molar-refractivity contribution in [2.24, 2.45) is 5.92 Å². The highest BCUT2D eigenvalue weighted by Crippen LogP contribution is 2.29. The Bertz CT molecular complexity index is 578. The normalized spacial score (nSPS) is 16.8. The summed E-state index contributed by atoms with van der Waals surface area (Å²) >= 11 is 5.95. The second-order valence-corrected chi connectivity index (χ2v) is 7.71. The monoisotopic (exact) mass is 364 g/mol. The number of likely N-dealkylation sites (tertiary alicyclic amines) is 1. The van der Waals surface area contributed by atoms with E-state index in [0.29, 0.717) is 24.7 Å². The van der Waals surface area contributed by atoms with Gasteiger partial charge in [0.15, 0.2) is 0 Å². The maximum absolute atomic E-state index is 12.7. The molecule has 138 valence electrons. The molecule has 5 heteroatoms. The Hall–Kier alpha value is -1.55. The minimum Gasteiger partial charge on any atom is -0.344 e. The number of nitrogens with one attached hydrogen (secondary N) is 1. The fourth-order valence-electron chi connectivity index (χ4n) is 3.35. The topological polar surface area (TPSA) is 49.4 Å². The predicted molar refractivity (Wildman–Crippen MR) is 102 cm³/mol. The van der Waals surface area contributed by atoms with E-state index >= 15 is 0 Å². The van der Waals surface area contributed by atoms with Crippen LogP contribution in [0, 0.1) is 5.92 Å². The molecule has 1 aliphatic rings. The molecule has 4 nitrogen and oxygen atoms in total. The Balaban J connectivity index is 1.88. The van der Waals surface area contributed by atoms with Crippen LogP contribution in [0.1, 0.15) is 57.9 Å². The molecule has 1 fully saturated rings. The van der Waals surface area contributed by atoms with Crippen molar-refractivity contribution in [2.45, 2.75) is 58.4 Å². The third kappa shape index (κ3) is 5.74. The van der Waals surface area contributed by atoms with Crippen molar-refractivity contribution in [1.82, 2.24) is 10.2 Å². The van der Waals surface area contributed by atoms with Crippen molar-refractivity contribution in [2.75, 3.05) is 13.1 Å². The van der Waals surface area contributed by atoms with Crippen LogP contribution in [0.5, 0.6) is 0 Å². The van der Waals surface area contributed by atoms with Gasteiger partial charge in [-0.05, 0) is 48.8 Å². The van der Waals surface area contributed by atoms with Gasteiger partial charge in [-0.25, -0.2) is 0 Å². The lowest BCUT2D eigenvalue weighted by molar-refractivity contribution is -0.137. The van der Waals surface area contributed by atoms with E-state index in [-0.39, 0.29) is 11.8 Å². The smallest absolute Gasteiger partial charge is 0.245 e. The molecular weight excluding hydrogens is 336 g/mol. The number of piperidine rings is 1. The van der Waals surface area contributed by atoms with Gasteiger partial charge in [0.25, 0.3) is 0 Å². The summed E-state index contributed by atoms with van der Waals surface area (Å²) in [4.78, 5) is 26.6. The molecule has 0 radical (unpaired) electrons. The van der Waals surface area contributed by atoms with Crippen LogP contribution in [0.15, 0.2) is 24.3 Å². The first-order valence-corrected chi connectivity index (χ1v) is 9.62. The molecule has 1 aromatic rings. The summed E-state index contributed by atoms with van der Waals surface area (Å²) in [7, 11) is 0. The molecule has 1 saturated heterocycles. The van der Waals surface area contributed by atoms with Crippen LogP contribution < -0.4 is 5.32 Å². The summed E-state index contributed by atoms with van der Waals surface area (Å²) in [5.74, 6) is 0.778. The van der Waals surface area contributed by atoms with E-state index in [1.807, 2.05) is 37.8 Å². The molecule has 0 aromatic heterocycles. The predicted octanol–water partition coefficient (Wildman–Crippen LogP) is 3.99. The summed E-state index contributed by atoms with van der Waals surface area (Å²) in [6.07, 6.45) is 2.98. The zero-order valence-corrected chi connectivity index (χ0v) is 16.2. The van der Waals surface area contributed by atoms with Crippen LogP contribution in [-0.2, 0) is 9.59 Å². The lowest BCUT2D eigenvalue weighted by atomic mass is 9.89. The summed E-state index contributed by atoms with van der Waals surface area (Å²) in [6, 6.07) is 7.59. The highest BCUT2D eigenvalue weighted by molar-refractivity contribution is 6.30. The number of halogens is 1. The van der Waals surface area contributed by atoms with Crippen molar-refractivity contribution in [3.8, 4) is 0 Å². The molecule has 1 aromatic carbocycles. The molecule has 0 bridgehead atoms. The second-order valence-electron chi connectivity index (χ2n) is 7.28. The van der Waals surface area contributed by atoms with Crippen LogP contribution in [0.25, 0.3) is 0 Å². The molecule has 1 aliphatic heterocycles. The third-order valence-corrected chi connectivity index (χ3v) is 5.04. The van der Waals surface area contributed by atoms with Gasteiger partial charge in [-0.1, -0.05) is 44.5 Å². The van der Waals surface area contributed by atoms with Gasteiger partial charge in [0.1, 0.15) is 6.04 Å². The van der Waals surface area contributed by atoms with Gasteiger partial charge in [-0.15, -0.1) is 0 Å². The van der Waals surface area contributed by atoms with E-state index < -0.39 is 6.04 Å². The van der Waals surface area contributed by atoms with Crippen molar-refractivity contribution in [1.29, 1.82) is 0 Å². The van der Waals surface area contributed by atoms with Crippen LogP contribution in [0.3, 0.4) is 0 Å². The number of hydrogen-bond donors (Lipinski definition) is 1. The average molecular weight is 365 g/mol. The average Bonchev–Trinajstić information content (AvgIpc) is 2.59. The second kappa shape index (κ2) is 9.23. The molecule has 2 amide bonds. The minimum absolute atomic E-state index is 0.0359. The van der Waals surface area contributed by atoms with E-state index in [1.165, 1.54) is 5.56 Å². The molecule has 0 saturated carbocycles. The highest BCUT2D eigenvalue weighted by atomic mass is 35.5. The van der Waals surface area contributed by atoms with Crippen molar-refractivity contribution >= 4 is 23.4 Å². The highest BCUT2D eigenvalue weighted by Gasteiger charge is 2.28. The third-order valence-electron chi connectivity index (χ3n) is 4.78. The van der Waals surface area contributed by atoms with Gasteiger partial charge < -0.3 is 10.2 Å². The number of amides is 2. The Labute approximate surface area is 155 Å². The van der Waals surface area contributed by atoms with E-state index in [2.05, 4.69) is 17.4 Å². The van der Waals surface area contributed by atoms with E-state index in [4.69, 9.17) is 11.6 Å². The molecule has 25 heavy (non-hydrogen) atoms. The molecule has 1 heterocycles. The Morgan fingerprint density at radius 2 is 1.80 bits per heavy atom. The summed E-state index contributed by atoms with van der Waals surface area (Å²) in [5, 5.41) is 3.65. The van der Waals surface area contributed by atoms with Gasteiger partial charge in [-0.2, -0.15) is 0 Å². The standard InChI is InChI=1S/C20H29ClN2O2/c1-4-18(22-19(24)13-14(2)3)20(25)23-11-9-16(10-12-23)15-5-7-17(21)8-6-15/h5-8,14,16,18H,4,9-13H2,1-3H3,(H,22,24). The molecule has 1 atom stereocenters. The number of carbonyl (C=O) groups excluding carboxylic acids is 2. The van der Waals surface area contributed by atoms with Crippen LogP contribution in [-0.4, -0.2) is 35.8 Å². The summed E-state index contributed by atoms with van der Waals surface area (Å²) in [5.41, 5.74) is 1.29. The van der Waals surface area contributed by atoms with Gasteiger partial charge in [0.05, 0.1) is 0 Å². The number of nitrogens with zero attached hydrogens (tertiary/aromatic N) is 1. The van der Waals surface area contributed by atoms with Crippen LogP contribution in [0.4, 0.5) is 0 Å². The van der Waals surface area contributed by atoms with Crippen LogP contribution >= 0.6 is 11.6 Å². The number of carbonyl (C=O) groups is 2. The first-order chi connectivity index (χ1) is 11.9. The van der Waals surface area contributed by atoms with Crippen LogP contribution in [0.2, 0.25) is 5.02 Å². The Morgan fingerprint density at radius 1 is 1.20 bits per heavy atom. The van der Waals surface area contributed by atoms with E-state index in [9.17, 15) is 9.59 Å². The lowest BCUT2D eigenvalue weighted by Crippen LogP contribution is -2.50.